The summed E-state index contributed by atoms with van der Waals surface area (Å²) >= 11 is 5.86. The number of aromatic nitrogens is 1. The molecule has 2 aromatic rings. The second-order valence-corrected chi connectivity index (χ2v) is 10.2. The van der Waals surface area contributed by atoms with Crippen LogP contribution in [0.4, 0.5) is 5.82 Å². The van der Waals surface area contributed by atoms with Gasteiger partial charge in [0.1, 0.15) is 11.5 Å². The molecule has 0 unspecified atom stereocenters. The van der Waals surface area contributed by atoms with E-state index < -0.39 is 15.1 Å². The summed E-state index contributed by atoms with van der Waals surface area (Å²) in [5.41, 5.74) is 0.424. The van der Waals surface area contributed by atoms with E-state index >= 15 is 0 Å². The lowest BCUT2D eigenvalue weighted by atomic mass is 10.1. The van der Waals surface area contributed by atoms with Gasteiger partial charge in [0.25, 0.3) is 5.91 Å². The van der Waals surface area contributed by atoms with Gasteiger partial charge in [0.2, 0.25) is 0 Å². The van der Waals surface area contributed by atoms with Gasteiger partial charge in [-0.1, -0.05) is 17.7 Å². The molecule has 8 heteroatoms. The molecule has 2 saturated heterocycles. The Morgan fingerprint density at radius 3 is 2.28 bits per heavy atom. The van der Waals surface area contributed by atoms with E-state index in [9.17, 15) is 13.2 Å². The smallest absolute Gasteiger partial charge is 0.272 e. The summed E-state index contributed by atoms with van der Waals surface area (Å²) in [6.07, 6.45) is 3.13. The fourth-order valence-corrected chi connectivity index (χ4v) is 5.87. The van der Waals surface area contributed by atoms with Crippen LogP contribution in [0, 0.1) is 0 Å². The molecule has 29 heavy (non-hydrogen) atoms. The number of benzene rings is 1. The molecule has 4 rings (SSSR count). The molecule has 0 saturated carbocycles. The van der Waals surface area contributed by atoms with Crippen LogP contribution in [0.25, 0.3) is 0 Å². The molecule has 0 bridgehead atoms. The van der Waals surface area contributed by atoms with Crippen molar-refractivity contribution in [1.29, 1.82) is 0 Å². The molecule has 0 atom stereocenters. The Kier molecular flexibility index (Phi) is 5.79. The minimum atomic E-state index is -3.43. The number of carbonyl (C=O) groups is 1. The first-order valence-electron chi connectivity index (χ1n) is 9.96. The van der Waals surface area contributed by atoms with Crippen molar-refractivity contribution in [3.8, 4) is 0 Å². The normalized spacial score (nSPS) is 18.2. The molecule has 0 radical (unpaired) electrons. The Bertz CT molecular complexity index is 980. The summed E-state index contributed by atoms with van der Waals surface area (Å²) in [6.45, 7) is 2.76. The molecule has 2 fully saturated rings. The van der Waals surface area contributed by atoms with Crippen LogP contribution in [0.5, 0.6) is 0 Å². The third-order valence-electron chi connectivity index (χ3n) is 5.69. The zero-order valence-electron chi connectivity index (χ0n) is 16.1. The topological polar surface area (TPSA) is 70.6 Å². The summed E-state index contributed by atoms with van der Waals surface area (Å²) < 4.78 is 25.7. The standard InChI is InChI=1S/C21H24ClN3O3S/c22-16-6-8-17(9-7-16)29(27,28)18-10-14-25(15-11-18)21(26)19-4-3-5-20(23-19)24-12-1-2-13-24/h3-9,18H,1-2,10-15H2. The SMILES string of the molecule is O=C(c1cccc(N2CCCC2)n1)N1CCC(S(=O)(=O)c2ccc(Cl)cc2)CC1. The summed E-state index contributed by atoms with van der Waals surface area (Å²) in [4.78, 5) is 21.7. The number of pyridine rings is 1. The van der Waals surface area contributed by atoms with Gasteiger partial charge in [0.05, 0.1) is 10.1 Å². The number of rotatable bonds is 4. The van der Waals surface area contributed by atoms with Crippen molar-refractivity contribution in [1.82, 2.24) is 9.88 Å². The van der Waals surface area contributed by atoms with Crippen molar-refractivity contribution < 1.29 is 13.2 Å². The highest BCUT2D eigenvalue weighted by Gasteiger charge is 2.33. The first-order valence-corrected chi connectivity index (χ1v) is 11.9. The molecule has 3 heterocycles. The van der Waals surface area contributed by atoms with Gasteiger partial charge in [0, 0.05) is 31.2 Å². The van der Waals surface area contributed by atoms with Crippen LogP contribution in [0.3, 0.4) is 0 Å². The van der Waals surface area contributed by atoms with E-state index in [0.717, 1.165) is 31.7 Å². The van der Waals surface area contributed by atoms with Crippen molar-refractivity contribution >= 4 is 33.2 Å². The molecular weight excluding hydrogens is 410 g/mol. The quantitative estimate of drug-likeness (QED) is 0.738. The molecule has 6 nitrogen and oxygen atoms in total. The highest BCUT2D eigenvalue weighted by Crippen LogP contribution is 2.26. The number of anilines is 1. The van der Waals surface area contributed by atoms with E-state index in [2.05, 4.69) is 9.88 Å². The summed E-state index contributed by atoms with van der Waals surface area (Å²) in [5.74, 6) is 0.710. The highest BCUT2D eigenvalue weighted by molar-refractivity contribution is 7.92. The molecular formula is C21H24ClN3O3S. The van der Waals surface area contributed by atoms with Crippen LogP contribution in [0.1, 0.15) is 36.2 Å². The Balaban J connectivity index is 1.42. The van der Waals surface area contributed by atoms with Crippen LogP contribution in [0.15, 0.2) is 47.4 Å². The van der Waals surface area contributed by atoms with E-state index in [1.165, 1.54) is 0 Å². The predicted molar refractivity (Wildman–Crippen MR) is 113 cm³/mol. The first kappa shape index (κ1) is 20.2. The van der Waals surface area contributed by atoms with E-state index in [1.807, 2.05) is 12.1 Å². The maximum Gasteiger partial charge on any atom is 0.272 e. The number of sulfone groups is 1. The van der Waals surface area contributed by atoms with Crippen LogP contribution in [-0.2, 0) is 9.84 Å². The zero-order chi connectivity index (χ0) is 20.4. The third-order valence-corrected chi connectivity index (χ3v) is 8.22. The molecule has 0 aliphatic carbocycles. The summed E-state index contributed by atoms with van der Waals surface area (Å²) in [5, 5.41) is 0.0182. The van der Waals surface area contributed by atoms with Crippen LogP contribution in [0.2, 0.25) is 5.02 Å². The van der Waals surface area contributed by atoms with Gasteiger partial charge >= 0.3 is 0 Å². The molecule has 154 valence electrons. The number of amides is 1. The third kappa shape index (κ3) is 4.26. The zero-order valence-corrected chi connectivity index (χ0v) is 17.7. The van der Waals surface area contributed by atoms with E-state index in [1.54, 1.807) is 35.2 Å². The Hall–Kier alpha value is -2.12. The molecule has 2 aliphatic heterocycles. The van der Waals surface area contributed by atoms with Gasteiger partial charge in [-0.3, -0.25) is 4.79 Å². The van der Waals surface area contributed by atoms with E-state index in [4.69, 9.17) is 11.6 Å². The highest BCUT2D eigenvalue weighted by atomic mass is 35.5. The number of nitrogens with zero attached hydrogens (tertiary/aromatic N) is 3. The van der Waals surface area contributed by atoms with Gasteiger partial charge in [-0.25, -0.2) is 13.4 Å². The molecule has 2 aliphatic rings. The number of piperidine rings is 1. The lowest BCUT2D eigenvalue weighted by molar-refractivity contribution is 0.0720. The molecule has 1 aromatic carbocycles. The van der Waals surface area contributed by atoms with Crippen molar-refractivity contribution in [2.24, 2.45) is 0 Å². The number of hydrogen-bond acceptors (Lipinski definition) is 5. The fourth-order valence-electron chi connectivity index (χ4n) is 4.01. The number of carbonyl (C=O) groups excluding carboxylic acids is 1. The minimum absolute atomic E-state index is 0.131. The first-order chi connectivity index (χ1) is 13.9. The second kappa shape index (κ2) is 8.32. The van der Waals surface area contributed by atoms with Crippen molar-refractivity contribution in [2.45, 2.75) is 35.8 Å². The molecule has 0 N–H and O–H groups in total. The Morgan fingerprint density at radius 2 is 1.62 bits per heavy atom. The largest absolute Gasteiger partial charge is 0.357 e. The average Bonchev–Trinajstić information content (AvgIpc) is 3.29. The van der Waals surface area contributed by atoms with E-state index in [-0.39, 0.29) is 10.8 Å². The Morgan fingerprint density at radius 1 is 0.966 bits per heavy atom. The fraction of sp³-hybridized carbons (Fsp3) is 0.429. The van der Waals surface area contributed by atoms with Gasteiger partial charge in [-0.2, -0.15) is 0 Å². The van der Waals surface area contributed by atoms with Crippen molar-refractivity contribution in [3.63, 3.8) is 0 Å². The van der Waals surface area contributed by atoms with Crippen molar-refractivity contribution in [2.75, 3.05) is 31.1 Å². The second-order valence-electron chi connectivity index (χ2n) is 7.57. The minimum Gasteiger partial charge on any atom is -0.357 e. The summed E-state index contributed by atoms with van der Waals surface area (Å²) in [6, 6.07) is 11.8. The lowest BCUT2D eigenvalue weighted by Crippen LogP contribution is -2.42. The maximum absolute atomic E-state index is 12.9. The number of likely N-dealkylation sites (tertiary alicyclic amines) is 1. The number of hydrogen-bond donors (Lipinski definition) is 0. The van der Waals surface area contributed by atoms with Gasteiger partial charge in [-0.05, 0) is 62.1 Å². The predicted octanol–water partition coefficient (Wildman–Crippen LogP) is 3.41. The van der Waals surface area contributed by atoms with Gasteiger partial charge < -0.3 is 9.80 Å². The van der Waals surface area contributed by atoms with Crippen LogP contribution < -0.4 is 4.90 Å². The Labute approximate surface area is 176 Å². The molecule has 0 spiro atoms. The van der Waals surface area contributed by atoms with Crippen LogP contribution >= 0.6 is 11.6 Å². The molecule has 1 amide bonds. The van der Waals surface area contributed by atoms with Gasteiger partial charge in [-0.15, -0.1) is 0 Å². The lowest BCUT2D eigenvalue weighted by Gasteiger charge is -2.31. The van der Waals surface area contributed by atoms with Gasteiger partial charge in [0.15, 0.2) is 9.84 Å². The van der Waals surface area contributed by atoms with Crippen molar-refractivity contribution in [3.05, 3.63) is 53.2 Å². The summed E-state index contributed by atoms with van der Waals surface area (Å²) in [7, 11) is -3.43. The van der Waals surface area contributed by atoms with Crippen LogP contribution in [-0.4, -0.2) is 55.6 Å². The number of halogens is 1. The molecule has 1 aromatic heterocycles. The van der Waals surface area contributed by atoms with E-state index in [0.29, 0.717) is 36.6 Å². The maximum atomic E-state index is 12.9. The monoisotopic (exact) mass is 433 g/mol. The average molecular weight is 434 g/mol.